The molecule has 0 bridgehead atoms. The highest BCUT2D eigenvalue weighted by Gasteiger charge is 2.08. The predicted octanol–water partition coefficient (Wildman–Crippen LogP) is 2.95. The van der Waals surface area contributed by atoms with Crippen LogP contribution in [0.5, 0.6) is 11.6 Å². The van der Waals surface area contributed by atoms with Crippen molar-refractivity contribution >= 4 is 17.2 Å². The molecule has 3 aromatic rings. The third-order valence-corrected chi connectivity index (χ3v) is 4.84. The van der Waals surface area contributed by atoms with E-state index in [0.717, 1.165) is 40.6 Å². The fourth-order valence-corrected chi connectivity index (χ4v) is 3.22. The number of nitrogens with one attached hydrogen (secondary N) is 1. The minimum Gasteiger partial charge on any atom is -0.494 e. The highest BCUT2D eigenvalue weighted by atomic mass is 32.1. The van der Waals surface area contributed by atoms with E-state index >= 15 is 0 Å². The molecular formula is C19H21N3O3S. The number of pyridine rings is 1. The Morgan fingerprint density at radius 3 is 2.62 bits per heavy atom. The lowest BCUT2D eigenvalue weighted by molar-refractivity contribution is 0.325. The lowest BCUT2D eigenvalue weighted by Gasteiger charge is -2.18. The van der Waals surface area contributed by atoms with Crippen LogP contribution in [0, 0.1) is 6.92 Å². The van der Waals surface area contributed by atoms with Crippen molar-refractivity contribution in [3.63, 3.8) is 0 Å². The highest BCUT2D eigenvalue weighted by Crippen LogP contribution is 2.21. The van der Waals surface area contributed by atoms with E-state index in [1.807, 2.05) is 61.5 Å². The first-order valence-electron chi connectivity index (χ1n) is 8.28. The molecule has 0 amide bonds. The largest absolute Gasteiger partial charge is 0.494 e. The number of hydrogen-bond donors (Lipinski definition) is 2. The van der Waals surface area contributed by atoms with Crippen LogP contribution < -0.4 is 14.5 Å². The van der Waals surface area contributed by atoms with Gasteiger partial charge in [0, 0.05) is 19.7 Å². The van der Waals surface area contributed by atoms with Gasteiger partial charge < -0.3 is 14.7 Å². The third kappa shape index (κ3) is 4.64. The molecule has 0 fully saturated rings. The number of benzene rings is 1. The van der Waals surface area contributed by atoms with Crippen LogP contribution in [0.15, 0.2) is 47.4 Å². The standard InChI is InChI=1S/C19H21N3O3S/c1-13-3-8-17(20-12-13)22(2)9-10-25-15-6-4-14(5-7-15)11-16-18(23)21-19(24)26-16/h3-8,12,23H,9-11H2,1-2H3,(H,21,24). The molecule has 136 valence electrons. The van der Waals surface area contributed by atoms with Crippen molar-refractivity contribution in [2.75, 3.05) is 25.1 Å². The van der Waals surface area contributed by atoms with Crippen LogP contribution in [0.4, 0.5) is 5.82 Å². The van der Waals surface area contributed by atoms with Crippen molar-refractivity contribution in [2.24, 2.45) is 0 Å². The van der Waals surface area contributed by atoms with E-state index in [1.54, 1.807) is 0 Å². The summed E-state index contributed by atoms with van der Waals surface area (Å²) in [6.45, 7) is 3.29. The molecule has 0 aliphatic rings. The van der Waals surface area contributed by atoms with Gasteiger partial charge in [-0.05, 0) is 36.2 Å². The Labute approximate surface area is 155 Å². The number of H-pyrrole nitrogens is 1. The number of aryl methyl sites for hydroxylation is 1. The van der Waals surface area contributed by atoms with Gasteiger partial charge in [0.05, 0.1) is 11.4 Å². The monoisotopic (exact) mass is 371 g/mol. The highest BCUT2D eigenvalue weighted by molar-refractivity contribution is 7.09. The second-order valence-corrected chi connectivity index (χ2v) is 7.14. The lowest BCUT2D eigenvalue weighted by atomic mass is 10.1. The van der Waals surface area contributed by atoms with Gasteiger partial charge in [0.1, 0.15) is 18.2 Å². The number of likely N-dealkylation sites (N-methyl/N-ethyl adjacent to an activating group) is 1. The summed E-state index contributed by atoms with van der Waals surface area (Å²) in [4.78, 5) is 20.4. The molecule has 0 radical (unpaired) electrons. The van der Waals surface area contributed by atoms with Crippen LogP contribution >= 0.6 is 11.3 Å². The van der Waals surface area contributed by atoms with Gasteiger partial charge in [-0.2, -0.15) is 0 Å². The first kappa shape index (κ1) is 18.0. The molecule has 0 atom stereocenters. The predicted molar refractivity (Wildman–Crippen MR) is 104 cm³/mol. The van der Waals surface area contributed by atoms with E-state index in [-0.39, 0.29) is 10.8 Å². The molecule has 26 heavy (non-hydrogen) atoms. The minimum absolute atomic E-state index is 0.0481. The molecule has 7 heteroatoms. The Hall–Kier alpha value is -2.80. The van der Waals surface area contributed by atoms with E-state index < -0.39 is 0 Å². The van der Waals surface area contributed by atoms with E-state index in [0.29, 0.717) is 17.9 Å². The number of rotatable bonds is 7. The Balaban J connectivity index is 1.50. The van der Waals surface area contributed by atoms with Crippen molar-refractivity contribution in [3.05, 3.63) is 68.3 Å². The fraction of sp³-hybridized carbons (Fsp3) is 0.263. The second kappa shape index (κ2) is 8.05. The van der Waals surface area contributed by atoms with E-state index in [1.165, 1.54) is 0 Å². The summed E-state index contributed by atoms with van der Waals surface area (Å²) in [5, 5.41) is 9.64. The molecule has 2 aromatic heterocycles. The van der Waals surface area contributed by atoms with Gasteiger partial charge in [-0.1, -0.05) is 29.5 Å². The maximum atomic E-state index is 11.2. The summed E-state index contributed by atoms with van der Waals surface area (Å²) in [6.07, 6.45) is 2.36. The molecule has 0 spiro atoms. The Morgan fingerprint density at radius 1 is 1.23 bits per heavy atom. The molecule has 6 nitrogen and oxygen atoms in total. The number of aromatic nitrogens is 2. The maximum absolute atomic E-state index is 11.2. The van der Waals surface area contributed by atoms with Gasteiger partial charge in [-0.25, -0.2) is 4.98 Å². The first-order chi connectivity index (χ1) is 12.5. The molecule has 2 N–H and O–H groups in total. The number of aromatic hydroxyl groups is 1. The van der Waals surface area contributed by atoms with Gasteiger partial charge in [-0.3, -0.25) is 9.78 Å². The zero-order valence-electron chi connectivity index (χ0n) is 14.7. The zero-order chi connectivity index (χ0) is 18.5. The van der Waals surface area contributed by atoms with Crippen LogP contribution in [-0.2, 0) is 6.42 Å². The van der Waals surface area contributed by atoms with Gasteiger partial charge in [0.2, 0.25) is 5.88 Å². The van der Waals surface area contributed by atoms with Gasteiger partial charge in [0.15, 0.2) is 0 Å². The van der Waals surface area contributed by atoms with Crippen LogP contribution in [0.1, 0.15) is 16.0 Å². The number of aromatic amines is 1. The molecule has 0 aliphatic carbocycles. The Morgan fingerprint density at radius 2 is 2.00 bits per heavy atom. The molecule has 0 aliphatic heterocycles. The average Bonchev–Trinajstić information content (AvgIpc) is 2.94. The van der Waals surface area contributed by atoms with E-state index in [4.69, 9.17) is 4.74 Å². The quantitative estimate of drug-likeness (QED) is 0.668. The Kier molecular flexibility index (Phi) is 5.58. The van der Waals surface area contributed by atoms with Crippen molar-refractivity contribution in [1.82, 2.24) is 9.97 Å². The van der Waals surface area contributed by atoms with Crippen LogP contribution in [-0.4, -0.2) is 35.3 Å². The molecular weight excluding hydrogens is 350 g/mol. The summed E-state index contributed by atoms with van der Waals surface area (Å²) >= 11 is 1.03. The molecule has 0 unspecified atom stereocenters. The molecule has 2 heterocycles. The maximum Gasteiger partial charge on any atom is 0.307 e. The molecule has 1 aromatic carbocycles. The van der Waals surface area contributed by atoms with Crippen molar-refractivity contribution in [2.45, 2.75) is 13.3 Å². The normalized spacial score (nSPS) is 10.7. The topological polar surface area (TPSA) is 78.5 Å². The summed E-state index contributed by atoms with van der Waals surface area (Å²) < 4.78 is 5.78. The smallest absolute Gasteiger partial charge is 0.307 e. The third-order valence-electron chi connectivity index (χ3n) is 3.97. The number of nitrogens with zero attached hydrogens (tertiary/aromatic N) is 2. The number of hydrogen-bond acceptors (Lipinski definition) is 6. The molecule has 0 saturated heterocycles. The molecule has 3 rings (SSSR count). The van der Waals surface area contributed by atoms with E-state index in [9.17, 15) is 9.90 Å². The van der Waals surface area contributed by atoms with Crippen LogP contribution in [0.3, 0.4) is 0 Å². The zero-order valence-corrected chi connectivity index (χ0v) is 15.5. The minimum atomic E-state index is -0.246. The lowest BCUT2D eigenvalue weighted by Crippen LogP contribution is -2.24. The number of thiazole rings is 1. The SMILES string of the molecule is Cc1ccc(N(C)CCOc2ccc(Cc3sc(=O)[nH]c3O)cc2)nc1. The summed E-state index contributed by atoms with van der Waals surface area (Å²) in [7, 11) is 1.99. The van der Waals surface area contributed by atoms with Gasteiger partial charge >= 0.3 is 4.87 Å². The first-order valence-corrected chi connectivity index (χ1v) is 9.09. The van der Waals surface area contributed by atoms with Crippen molar-refractivity contribution in [1.29, 1.82) is 0 Å². The number of anilines is 1. The van der Waals surface area contributed by atoms with Crippen LogP contribution in [0.25, 0.3) is 0 Å². The summed E-state index contributed by atoms with van der Waals surface area (Å²) in [6, 6.07) is 11.7. The number of ether oxygens (including phenoxy) is 1. The summed E-state index contributed by atoms with van der Waals surface area (Å²) in [5.74, 6) is 1.65. The van der Waals surface area contributed by atoms with Gasteiger partial charge in [-0.15, -0.1) is 0 Å². The van der Waals surface area contributed by atoms with Crippen molar-refractivity contribution in [3.8, 4) is 11.6 Å². The van der Waals surface area contributed by atoms with Crippen molar-refractivity contribution < 1.29 is 9.84 Å². The average molecular weight is 371 g/mol. The van der Waals surface area contributed by atoms with E-state index in [2.05, 4.69) is 9.97 Å². The Bertz CT molecular complexity index is 901. The fourth-order valence-electron chi connectivity index (χ4n) is 2.46. The van der Waals surface area contributed by atoms with Crippen LogP contribution in [0.2, 0.25) is 0 Å². The summed E-state index contributed by atoms with van der Waals surface area (Å²) in [5.41, 5.74) is 2.14. The second-order valence-electron chi connectivity index (χ2n) is 6.07. The van der Waals surface area contributed by atoms with Gasteiger partial charge in [0.25, 0.3) is 0 Å². The molecule has 0 saturated carbocycles.